The average molecular weight is 621 g/mol. The van der Waals surface area contributed by atoms with Crippen LogP contribution in [0.25, 0.3) is 33.4 Å². The molecule has 0 fully saturated rings. The molecule has 0 amide bonds. The molecule has 220 valence electrons. The number of hydrogen-bond acceptors (Lipinski definition) is 4. The van der Waals surface area contributed by atoms with Gasteiger partial charge in [0.25, 0.3) is 0 Å². The molecule has 0 saturated heterocycles. The van der Waals surface area contributed by atoms with Crippen molar-refractivity contribution in [3.8, 4) is 56.4 Å². The number of fused-ring (bicyclic) bond motifs is 4. The van der Waals surface area contributed by atoms with Gasteiger partial charge in [0.2, 0.25) is 0 Å². The monoisotopic (exact) mass is 620 g/mol. The van der Waals surface area contributed by atoms with Crippen LogP contribution in [-0.4, -0.2) is 0 Å². The smallest absolute Gasteiger partial charge is 0.149 e. The third kappa shape index (κ3) is 4.67. The molecule has 4 heteroatoms. The van der Waals surface area contributed by atoms with Crippen LogP contribution in [0, 0.1) is 20.8 Å². The normalized spacial score (nSPS) is 12.7. The van der Waals surface area contributed by atoms with Gasteiger partial charge in [0.05, 0.1) is 19.6 Å². The lowest BCUT2D eigenvalue weighted by atomic mass is 9.84. The summed E-state index contributed by atoms with van der Waals surface area (Å²) in [4.78, 5) is 4.60. The third-order valence-corrected chi connectivity index (χ3v) is 11.2. The molecule has 0 aliphatic carbocycles. The van der Waals surface area contributed by atoms with Crippen LogP contribution in [0.2, 0.25) is 0 Å². The maximum absolute atomic E-state index is 6.62. The molecule has 2 aliphatic heterocycles. The Bertz CT molecular complexity index is 2150. The summed E-state index contributed by atoms with van der Waals surface area (Å²) in [5, 5.41) is 0. The van der Waals surface area contributed by atoms with Crippen molar-refractivity contribution in [2.75, 3.05) is 0 Å². The van der Waals surface area contributed by atoms with E-state index in [2.05, 4.69) is 125 Å². The highest BCUT2D eigenvalue weighted by molar-refractivity contribution is 7.99. The van der Waals surface area contributed by atoms with Crippen LogP contribution in [0.1, 0.15) is 29.2 Å². The molecule has 0 N–H and O–H groups in total. The van der Waals surface area contributed by atoms with Crippen LogP contribution in [-0.2, 0) is 6.42 Å². The highest BCUT2D eigenvalue weighted by Gasteiger charge is 2.26. The molecule has 8 rings (SSSR count). The summed E-state index contributed by atoms with van der Waals surface area (Å²) in [5.41, 5.74) is 12.3. The van der Waals surface area contributed by atoms with E-state index in [1.165, 1.54) is 44.5 Å². The van der Waals surface area contributed by atoms with Gasteiger partial charge >= 0.3 is 0 Å². The van der Waals surface area contributed by atoms with E-state index in [-0.39, 0.29) is 0 Å². The molecule has 2 heterocycles. The predicted octanol–water partition coefficient (Wildman–Crippen LogP) is 12.7. The van der Waals surface area contributed by atoms with Crippen LogP contribution in [0.5, 0.6) is 23.0 Å². The fraction of sp³-hybridized carbons (Fsp3) is 0.122. The van der Waals surface area contributed by atoms with Crippen molar-refractivity contribution in [3.63, 3.8) is 0 Å². The fourth-order valence-corrected chi connectivity index (χ4v) is 8.74. The second-order valence-corrected chi connectivity index (χ2v) is 13.8. The molecular formula is C41H32O2S2. The van der Waals surface area contributed by atoms with Gasteiger partial charge in [0.1, 0.15) is 23.0 Å². The molecule has 0 unspecified atom stereocenters. The van der Waals surface area contributed by atoms with E-state index in [9.17, 15) is 0 Å². The summed E-state index contributed by atoms with van der Waals surface area (Å²) in [6, 6.07) is 38.8. The lowest BCUT2D eigenvalue weighted by Gasteiger charge is -2.26. The van der Waals surface area contributed by atoms with Crippen molar-refractivity contribution in [1.82, 2.24) is 0 Å². The summed E-state index contributed by atoms with van der Waals surface area (Å²) >= 11 is 3.56. The van der Waals surface area contributed by atoms with Crippen LogP contribution in [0.15, 0.2) is 129 Å². The summed E-state index contributed by atoms with van der Waals surface area (Å²) in [6.07, 6.45) is 0.939. The van der Waals surface area contributed by atoms with Crippen molar-refractivity contribution >= 4 is 23.5 Å². The average Bonchev–Trinajstić information content (AvgIpc) is 3.06. The molecule has 45 heavy (non-hydrogen) atoms. The molecule has 2 nitrogen and oxygen atoms in total. The van der Waals surface area contributed by atoms with Crippen molar-refractivity contribution in [1.29, 1.82) is 0 Å². The largest absolute Gasteiger partial charge is 0.454 e. The Labute approximate surface area is 273 Å². The van der Waals surface area contributed by atoms with E-state index in [0.29, 0.717) is 0 Å². The molecule has 0 bridgehead atoms. The first-order chi connectivity index (χ1) is 22.0. The molecule has 2 aliphatic rings. The lowest BCUT2D eigenvalue weighted by Crippen LogP contribution is -2.02. The number of ether oxygens (including phenoxy) is 2. The Balaban J connectivity index is 1.28. The van der Waals surface area contributed by atoms with Crippen LogP contribution in [0.3, 0.4) is 0 Å². The predicted molar refractivity (Wildman–Crippen MR) is 188 cm³/mol. The summed E-state index contributed by atoms with van der Waals surface area (Å²) in [5.74, 6) is 3.72. The quantitative estimate of drug-likeness (QED) is 0.195. The van der Waals surface area contributed by atoms with Gasteiger partial charge < -0.3 is 9.47 Å². The number of rotatable bonds is 4. The highest BCUT2D eigenvalue weighted by Crippen LogP contribution is 2.54. The van der Waals surface area contributed by atoms with Crippen LogP contribution >= 0.6 is 23.5 Å². The molecule has 6 aromatic carbocycles. The Morgan fingerprint density at radius 3 is 1.53 bits per heavy atom. The number of benzene rings is 6. The van der Waals surface area contributed by atoms with E-state index in [1.54, 1.807) is 23.5 Å². The molecule has 0 radical (unpaired) electrons. The van der Waals surface area contributed by atoms with E-state index >= 15 is 0 Å². The second-order valence-electron chi connectivity index (χ2n) is 11.6. The van der Waals surface area contributed by atoms with Crippen molar-refractivity contribution in [2.45, 2.75) is 53.7 Å². The third-order valence-electron chi connectivity index (χ3n) is 8.95. The first kappa shape index (κ1) is 28.1. The molecule has 6 aromatic rings. The molecular weight excluding hydrogens is 589 g/mol. The molecule has 0 atom stereocenters. The van der Waals surface area contributed by atoms with Crippen molar-refractivity contribution < 1.29 is 9.47 Å². The van der Waals surface area contributed by atoms with Gasteiger partial charge in [-0.25, -0.2) is 0 Å². The van der Waals surface area contributed by atoms with Crippen molar-refractivity contribution in [3.05, 3.63) is 131 Å². The van der Waals surface area contributed by atoms with Gasteiger partial charge in [-0.05, 0) is 108 Å². The maximum atomic E-state index is 6.62. The minimum atomic E-state index is 0.916. The Morgan fingerprint density at radius 2 is 0.956 bits per heavy atom. The van der Waals surface area contributed by atoms with Crippen molar-refractivity contribution in [2.24, 2.45) is 0 Å². The Kier molecular flexibility index (Phi) is 7.00. The van der Waals surface area contributed by atoms with Gasteiger partial charge in [-0.3, -0.25) is 0 Å². The van der Waals surface area contributed by atoms with E-state index in [0.717, 1.165) is 60.1 Å². The Hall–Kier alpha value is -4.38. The standard InChI is InChI=1S/C41H32O2S2/c1-5-27-21-23-29(26(4)39(27)31-13-11-19-37-41(31)43-33-15-7-9-17-35(33)45-37)28-22-20-24(2)38(25(28)3)30-12-10-18-36-40(30)42-32-14-6-8-16-34(32)44-36/h6-23H,5H2,1-4H3. The zero-order valence-electron chi connectivity index (χ0n) is 25.7. The summed E-state index contributed by atoms with van der Waals surface area (Å²) < 4.78 is 13.2. The first-order valence-corrected chi connectivity index (χ1v) is 17.0. The fourth-order valence-electron chi connectivity index (χ4n) is 6.77. The van der Waals surface area contributed by atoms with Gasteiger partial charge in [-0.1, -0.05) is 103 Å². The number of hydrogen-bond donors (Lipinski definition) is 0. The van der Waals surface area contributed by atoms with Gasteiger partial charge in [-0.2, -0.15) is 0 Å². The minimum Gasteiger partial charge on any atom is -0.454 e. The summed E-state index contributed by atoms with van der Waals surface area (Å²) in [6.45, 7) is 8.97. The van der Waals surface area contributed by atoms with Gasteiger partial charge in [0, 0.05) is 11.1 Å². The highest BCUT2D eigenvalue weighted by atomic mass is 32.2. The Morgan fingerprint density at radius 1 is 0.467 bits per heavy atom. The molecule has 0 spiro atoms. The number of para-hydroxylation sites is 4. The van der Waals surface area contributed by atoms with Gasteiger partial charge in [-0.15, -0.1) is 0 Å². The van der Waals surface area contributed by atoms with E-state index < -0.39 is 0 Å². The molecule has 0 aromatic heterocycles. The first-order valence-electron chi connectivity index (χ1n) is 15.4. The van der Waals surface area contributed by atoms with E-state index in [4.69, 9.17) is 9.47 Å². The summed E-state index contributed by atoms with van der Waals surface area (Å²) in [7, 11) is 0. The van der Waals surface area contributed by atoms with Crippen LogP contribution < -0.4 is 9.47 Å². The number of aryl methyl sites for hydroxylation is 2. The van der Waals surface area contributed by atoms with Gasteiger partial charge in [0.15, 0.2) is 0 Å². The van der Waals surface area contributed by atoms with Crippen LogP contribution in [0.4, 0.5) is 0 Å². The zero-order valence-corrected chi connectivity index (χ0v) is 27.4. The maximum Gasteiger partial charge on any atom is 0.149 e. The molecule has 0 saturated carbocycles. The topological polar surface area (TPSA) is 18.5 Å². The lowest BCUT2D eigenvalue weighted by molar-refractivity contribution is 0.456. The zero-order chi connectivity index (χ0) is 30.7. The van der Waals surface area contributed by atoms with E-state index in [1.807, 2.05) is 12.1 Å². The second kappa shape index (κ2) is 11.2. The minimum absolute atomic E-state index is 0.916. The SMILES string of the molecule is CCc1ccc(-c2ccc(C)c(-c3cccc4c3Oc3ccccc3S4)c2C)c(C)c1-c1cccc2c1Oc1ccccc1S2.